The van der Waals surface area contributed by atoms with Gasteiger partial charge in [-0.2, -0.15) is 0 Å². The average Bonchev–Trinajstić information content (AvgIpc) is 2.87. The molecule has 0 aromatic heterocycles. The highest BCUT2D eigenvalue weighted by atomic mass is 32.1. The fourth-order valence-electron chi connectivity index (χ4n) is 3.49. The molecule has 0 unspecified atom stereocenters. The molecule has 1 aromatic carbocycles. The van der Waals surface area contributed by atoms with Crippen LogP contribution in [0.4, 0.5) is 4.39 Å². The molecule has 0 atom stereocenters. The lowest BCUT2D eigenvalue weighted by atomic mass is 9.78. The number of rotatable bonds is 5. The fourth-order valence-corrected chi connectivity index (χ4v) is 3.70. The van der Waals surface area contributed by atoms with Crippen LogP contribution in [0.25, 0.3) is 0 Å². The third-order valence-electron chi connectivity index (χ3n) is 4.32. The summed E-state index contributed by atoms with van der Waals surface area (Å²) in [4.78, 5) is 12.8. The van der Waals surface area contributed by atoms with E-state index in [-0.39, 0.29) is 16.9 Å². The molecule has 1 N–H and O–H groups in total. The van der Waals surface area contributed by atoms with Gasteiger partial charge in [0.25, 0.3) is 5.91 Å². The maximum absolute atomic E-state index is 13.7. The van der Waals surface area contributed by atoms with Gasteiger partial charge < -0.3 is 5.32 Å². The van der Waals surface area contributed by atoms with Gasteiger partial charge in [0.05, 0.1) is 5.56 Å². The van der Waals surface area contributed by atoms with E-state index in [0.717, 1.165) is 19.3 Å². The summed E-state index contributed by atoms with van der Waals surface area (Å²) >= 11 is 4.17. The van der Waals surface area contributed by atoms with Crippen LogP contribution in [0.1, 0.15) is 56.3 Å². The second-order valence-electron chi connectivity index (χ2n) is 6.65. The van der Waals surface area contributed by atoms with E-state index in [1.807, 2.05) is 0 Å². The van der Waals surface area contributed by atoms with Gasteiger partial charge in [-0.15, -0.1) is 12.6 Å². The molecule has 1 fully saturated rings. The van der Waals surface area contributed by atoms with Crippen LogP contribution in [-0.2, 0) is 0 Å². The third kappa shape index (κ3) is 4.22. The minimum absolute atomic E-state index is 0.0835. The van der Waals surface area contributed by atoms with Crippen molar-refractivity contribution >= 4 is 18.5 Å². The first-order chi connectivity index (χ1) is 9.92. The Labute approximate surface area is 131 Å². The Kier molecular flexibility index (Phi) is 5.31. The molecule has 0 bridgehead atoms. The van der Waals surface area contributed by atoms with Crippen molar-refractivity contribution in [1.82, 2.24) is 5.32 Å². The Hall–Kier alpha value is -1.03. The van der Waals surface area contributed by atoms with Crippen LogP contribution < -0.4 is 5.32 Å². The molecule has 0 spiro atoms. The maximum Gasteiger partial charge on any atom is 0.254 e. The highest BCUT2D eigenvalue weighted by molar-refractivity contribution is 7.80. The Bertz CT molecular complexity index is 510. The van der Waals surface area contributed by atoms with Crippen molar-refractivity contribution in [1.29, 1.82) is 0 Å². The van der Waals surface area contributed by atoms with Crippen molar-refractivity contribution in [2.24, 2.45) is 11.3 Å². The number of nitrogens with one attached hydrogen (secondary N) is 1. The van der Waals surface area contributed by atoms with Crippen molar-refractivity contribution in [3.63, 3.8) is 0 Å². The maximum atomic E-state index is 13.7. The van der Waals surface area contributed by atoms with E-state index in [1.165, 1.54) is 25.0 Å². The SMILES string of the molecule is CC(C)CC1(CNC(=O)c2cc(S)ccc2F)CCCC1. The summed E-state index contributed by atoms with van der Waals surface area (Å²) in [5.41, 5.74) is 0.277. The van der Waals surface area contributed by atoms with E-state index in [9.17, 15) is 9.18 Å². The van der Waals surface area contributed by atoms with Crippen LogP contribution in [0, 0.1) is 17.2 Å². The summed E-state index contributed by atoms with van der Waals surface area (Å²) in [6, 6.07) is 4.32. The van der Waals surface area contributed by atoms with Crippen molar-refractivity contribution in [2.75, 3.05) is 6.54 Å². The molecule has 1 aromatic rings. The lowest BCUT2D eigenvalue weighted by Gasteiger charge is -2.31. The zero-order chi connectivity index (χ0) is 15.5. The molecule has 0 aliphatic heterocycles. The topological polar surface area (TPSA) is 29.1 Å². The van der Waals surface area contributed by atoms with Gasteiger partial charge in [0.2, 0.25) is 0 Å². The zero-order valence-electron chi connectivity index (χ0n) is 12.8. The third-order valence-corrected chi connectivity index (χ3v) is 4.60. The van der Waals surface area contributed by atoms with Crippen molar-refractivity contribution in [3.8, 4) is 0 Å². The molecule has 0 saturated heterocycles. The first-order valence-electron chi connectivity index (χ1n) is 7.69. The number of hydrogen-bond donors (Lipinski definition) is 2. The number of benzene rings is 1. The number of carbonyl (C=O) groups excluding carboxylic acids is 1. The molecular weight excluding hydrogens is 285 g/mol. The molecule has 21 heavy (non-hydrogen) atoms. The standard InChI is InChI=1S/C17H24FNOS/c1-12(2)10-17(7-3-4-8-17)11-19-16(20)14-9-13(21)5-6-15(14)18/h5-6,9,12,21H,3-4,7-8,10-11H2,1-2H3,(H,19,20). The van der Waals surface area contributed by atoms with Crippen LogP contribution in [0.5, 0.6) is 0 Å². The molecule has 1 aliphatic carbocycles. The molecule has 1 amide bonds. The fraction of sp³-hybridized carbons (Fsp3) is 0.588. The largest absolute Gasteiger partial charge is 0.351 e. The number of amides is 1. The number of halogens is 1. The molecule has 0 radical (unpaired) electrons. The first kappa shape index (κ1) is 16.3. The predicted molar refractivity (Wildman–Crippen MR) is 86.3 cm³/mol. The zero-order valence-corrected chi connectivity index (χ0v) is 13.7. The Morgan fingerprint density at radius 1 is 1.38 bits per heavy atom. The summed E-state index contributed by atoms with van der Waals surface area (Å²) in [6.45, 7) is 5.07. The van der Waals surface area contributed by atoms with Gasteiger partial charge in [-0.05, 0) is 48.8 Å². The van der Waals surface area contributed by atoms with Gasteiger partial charge in [0.15, 0.2) is 0 Å². The van der Waals surface area contributed by atoms with Crippen LogP contribution in [0.3, 0.4) is 0 Å². The van der Waals surface area contributed by atoms with Gasteiger partial charge in [-0.25, -0.2) is 4.39 Å². The van der Waals surface area contributed by atoms with E-state index in [1.54, 1.807) is 6.07 Å². The molecule has 1 saturated carbocycles. The Balaban J connectivity index is 2.03. The molecule has 2 rings (SSSR count). The lowest BCUT2D eigenvalue weighted by Crippen LogP contribution is -2.37. The molecule has 4 heteroatoms. The lowest BCUT2D eigenvalue weighted by molar-refractivity contribution is 0.0917. The normalized spacial score (nSPS) is 17.2. The molecular formula is C17H24FNOS. The molecule has 2 nitrogen and oxygen atoms in total. The van der Waals surface area contributed by atoms with E-state index in [4.69, 9.17) is 0 Å². The minimum atomic E-state index is -0.491. The first-order valence-corrected chi connectivity index (χ1v) is 8.13. The van der Waals surface area contributed by atoms with Gasteiger partial charge in [0.1, 0.15) is 5.82 Å². The van der Waals surface area contributed by atoms with E-state index in [0.29, 0.717) is 17.4 Å². The summed E-state index contributed by atoms with van der Waals surface area (Å²) in [5.74, 6) is -0.217. The van der Waals surface area contributed by atoms with Crippen molar-refractivity contribution in [2.45, 2.75) is 50.8 Å². The number of carbonyl (C=O) groups is 1. The minimum Gasteiger partial charge on any atom is -0.351 e. The second kappa shape index (κ2) is 6.82. The van der Waals surface area contributed by atoms with Crippen LogP contribution in [-0.4, -0.2) is 12.5 Å². The van der Waals surface area contributed by atoms with E-state index < -0.39 is 5.82 Å². The summed E-state index contributed by atoms with van der Waals surface area (Å²) < 4.78 is 13.7. The average molecular weight is 309 g/mol. The Morgan fingerprint density at radius 3 is 2.67 bits per heavy atom. The van der Waals surface area contributed by atoms with Gasteiger partial charge in [-0.3, -0.25) is 4.79 Å². The van der Waals surface area contributed by atoms with Gasteiger partial charge in [0, 0.05) is 11.4 Å². The molecule has 0 heterocycles. The smallest absolute Gasteiger partial charge is 0.254 e. The number of thiol groups is 1. The highest BCUT2D eigenvalue weighted by Gasteiger charge is 2.34. The quantitative estimate of drug-likeness (QED) is 0.773. The van der Waals surface area contributed by atoms with Crippen LogP contribution in [0.15, 0.2) is 23.1 Å². The Morgan fingerprint density at radius 2 is 2.05 bits per heavy atom. The van der Waals surface area contributed by atoms with Crippen LogP contribution >= 0.6 is 12.6 Å². The predicted octanol–water partition coefficient (Wildman–Crippen LogP) is 4.45. The highest BCUT2D eigenvalue weighted by Crippen LogP contribution is 2.42. The summed E-state index contributed by atoms with van der Waals surface area (Å²) in [7, 11) is 0. The summed E-state index contributed by atoms with van der Waals surface area (Å²) in [5, 5.41) is 2.94. The van der Waals surface area contributed by atoms with Gasteiger partial charge >= 0.3 is 0 Å². The molecule has 116 valence electrons. The van der Waals surface area contributed by atoms with Gasteiger partial charge in [-0.1, -0.05) is 26.7 Å². The van der Waals surface area contributed by atoms with Crippen molar-refractivity contribution < 1.29 is 9.18 Å². The van der Waals surface area contributed by atoms with Crippen molar-refractivity contribution in [3.05, 3.63) is 29.6 Å². The van der Waals surface area contributed by atoms with Crippen LogP contribution in [0.2, 0.25) is 0 Å². The number of hydrogen-bond acceptors (Lipinski definition) is 2. The second-order valence-corrected chi connectivity index (χ2v) is 7.17. The van der Waals surface area contributed by atoms with E-state index in [2.05, 4.69) is 31.8 Å². The monoisotopic (exact) mass is 309 g/mol. The summed E-state index contributed by atoms with van der Waals surface area (Å²) in [6.07, 6.45) is 5.87. The van der Waals surface area contributed by atoms with E-state index >= 15 is 0 Å². The molecule has 1 aliphatic rings.